The highest BCUT2D eigenvalue weighted by Gasteiger charge is 2.52. The Bertz CT molecular complexity index is 3450. The molecular weight excluding hydrogens is 1030 g/mol. The van der Waals surface area contributed by atoms with Crippen LogP contribution in [-0.4, -0.2) is 101 Å². The minimum absolute atomic E-state index is 0. The van der Waals surface area contributed by atoms with Crippen LogP contribution in [0.25, 0.3) is 44.3 Å². The van der Waals surface area contributed by atoms with Crippen molar-refractivity contribution >= 4 is 58.0 Å². The van der Waals surface area contributed by atoms with Gasteiger partial charge in [-0.3, -0.25) is 9.36 Å². The number of hydrogen-bond donors (Lipinski definition) is 4. The molecule has 9 atom stereocenters. The highest BCUT2D eigenvalue weighted by molar-refractivity contribution is 9.10. The number of rotatable bonds is 11. The highest BCUT2D eigenvalue weighted by atomic mass is 79.9. The average molecular weight is 1100 g/mol. The van der Waals surface area contributed by atoms with Crippen molar-refractivity contribution in [3.05, 3.63) is 145 Å². The predicted molar refractivity (Wildman–Crippen MR) is 285 cm³/mol. The van der Waals surface area contributed by atoms with E-state index in [4.69, 9.17) is 10.2 Å². The van der Waals surface area contributed by atoms with E-state index in [1.165, 1.54) is 7.94 Å². The minimum atomic E-state index is -3.84. The zero-order chi connectivity index (χ0) is 49.8. The van der Waals surface area contributed by atoms with E-state index < -0.39 is 20.0 Å². The van der Waals surface area contributed by atoms with Gasteiger partial charge in [0.2, 0.25) is 0 Å². The molecule has 386 valence electrons. The first-order chi connectivity index (χ1) is 34.2. The molecule has 9 unspecified atom stereocenters. The number of benzene rings is 2. The number of aliphatic hydroxyl groups is 4. The molecule has 19 heteroatoms. The Labute approximate surface area is 434 Å². The topological polar surface area (TPSA) is 220 Å². The van der Waals surface area contributed by atoms with Crippen LogP contribution in [0.2, 0.25) is 0 Å². The number of hydrogen-bond acceptors (Lipinski definition) is 12. The monoisotopic (exact) mass is 1090 g/mol. The van der Waals surface area contributed by atoms with Crippen molar-refractivity contribution in [2.24, 2.45) is 61.4 Å². The molecule has 0 saturated heterocycles. The lowest BCUT2D eigenvalue weighted by Crippen LogP contribution is -2.31. The lowest BCUT2D eigenvalue weighted by Gasteiger charge is -2.34. The SMILES string of the molecule is C.C.Cn1cc(-c2cn(S(=O)(=O)c3ccccc3)c3ncc(Br)cc23)cn1.Cn1cc(-c2cn(S(=O)(=O)c3ccccc3)c3ncc(C4CC5CC4C(CO)C5CO)cc23)cn1.OCC1C2C=CC(C2)C1CO. The standard InChI is InChI=1S/C26H28N4O4S.C17H13BrN4O2S.C9H14O2.2CH4/c1-29-12-18(11-28-29)23-13-30(35(33,34)19-5-3-2-4-6-19)26-22(23)9-17(10-27-26)20-7-16-8-21(20)25(15-32)24(16)14-31;1-21-10-12(8-20-21)16-11-22(17-15(16)7-13(18)9-19-17)25(23,24)14-5-3-2-4-6-14;10-4-8-6-1-2-7(3-6)9(8)5-11;;/h2-6,9-13,16,20-21,24-25,31-32H,7-8,14-15H2,1H3;2-11H,1H3;1-2,6-11H,3-5H2;2*1H4. The molecule has 3 saturated carbocycles. The van der Waals surface area contributed by atoms with Crippen molar-refractivity contribution in [2.45, 2.75) is 49.8 Å². The van der Waals surface area contributed by atoms with Gasteiger partial charge in [-0.15, -0.1) is 0 Å². The van der Waals surface area contributed by atoms with E-state index in [0.29, 0.717) is 46.8 Å². The van der Waals surface area contributed by atoms with Crippen LogP contribution < -0.4 is 0 Å². The Kier molecular flexibility index (Phi) is 15.8. The van der Waals surface area contributed by atoms with Crippen LogP contribution >= 0.6 is 15.9 Å². The minimum Gasteiger partial charge on any atom is -0.396 e. The largest absolute Gasteiger partial charge is 0.396 e. The number of aryl methyl sites for hydroxylation is 2. The number of nitrogens with zero attached hydrogens (tertiary/aromatic N) is 8. The molecule has 0 amide bonds. The summed E-state index contributed by atoms with van der Waals surface area (Å²) in [5.41, 5.74) is 4.99. The normalized spacial score (nSPS) is 23.7. The molecule has 4 aliphatic rings. The molecule has 4 N–H and O–H groups in total. The molecule has 2 aromatic carbocycles. The van der Waals surface area contributed by atoms with Crippen molar-refractivity contribution in [2.75, 3.05) is 26.4 Å². The van der Waals surface area contributed by atoms with Crippen LogP contribution in [0, 0.1) is 47.3 Å². The molecule has 4 bridgehead atoms. The Morgan fingerprint density at radius 3 is 1.49 bits per heavy atom. The lowest BCUT2D eigenvalue weighted by molar-refractivity contribution is 0.0703. The number of fused-ring (bicyclic) bond motifs is 6. The number of allylic oxidation sites excluding steroid dienone is 2. The maximum Gasteiger partial charge on any atom is 0.269 e. The third-order valence-electron chi connectivity index (χ3n) is 15.3. The maximum atomic E-state index is 13.5. The summed E-state index contributed by atoms with van der Waals surface area (Å²) in [5.74, 6) is 2.89. The van der Waals surface area contributed by atoms with Crippen LogP contribution in [0.3, 0.4) is 0 Å². The summed E-state index contributed by atoms with van der Waals surface area (Å²) >= 11 is 3.41. The number of aromatic nitrogens is 8. The number of pyridine rings is 2. The highest BCUT2D eigenvalue weighted by Crippen LogP contribution is 2.58. The van der Waals surface area contributed by atoms with Crippen molar-refractivity contribution < 1.29 is 37.3 Å². The molecule has 16 nitrogen and oxygen atoms in total. The second-order valence-electron chi connectivity index (χ2n) is 19.1. The van der Waals surface area contributed by atoms with E-state index in [-0.39, 0.29) is 68.8 Å². The molecule has 3 fully saturated rings. The Morgan fingerprint density at radius 2 is 1.04 bits per heavy atom. The Balaban J connectivity index is 0.000000163. The van der Waals surface area contributed by atoms with Gasteiger partial charge in [-0.2, -0.15) is 10.2 Å². The summed E-state index contributed by atoms with van der Waals surface area (Å²) in [6.45, 7) is 0.653. The summed E-state index contributed by atoms with van der Waals surface area (Å²) in [4.78, 5) is 9.44. The summed E-state index contributed by atoms with van der Waals surface area (Å²) in [6.07, 6.45) is 21.2. The van der Waals surface area contributed by atoms with Crippen molar-refractivity contribution in [1.29, 1.82) is 0 Å². The van der Waals surface area contributed by atoms with Crippen molar-refractivity contribution in [3.8, 4) is 22.3 Å². The fraction of sp³-hybridized carbons (Fsp3) is 0.370. The van der Waals surface area contributed by atoms with Gasteiger partial charge < -0.3 is 20.4 Å². The smallest absolute Gasteiger partial charge is 0.269 e. The van der Waals surface area contributed by atoms with Gasteiger partial charge in [-0.1, -0.05) is 63.4 Å². The third kappa shape index (κ3) is 9.76. The Hall–Kier alpha value is -5.80. The van der Waals surface area contributed by atoms with Gasteiger partial charge >= 0.3 is 0 Å². The summed E-state index contributed by atoms with van der Waals surface area (Å²) in [6, 6.07) is 20.6. The van der Waals surface area contributed by atoms with E-state index in [0.717, 1.165) is 62.3 Å². The lowest BCUT2D eigenvalue weighted by atomic mass is 9.72. The van der Waals surface area contributed by atoms with E-state index in [9.17, 15) is 27.0 Å². The van der Waals surface area contributed by atoms with Crippen LogP contribution in [-0.2, 0) is 34.1 Å². The van der Waals surface area contributed by atoms with Crippen LogP contribution in [0.1, 0.15) is 45.6 Å². The second-order valence-corrected chi connectivity index (χ2v) is 23.7. The van der Waals surface area contributed by atoms with Crippen molar-refractivity contribution in [1.82, 2.24) is 37.5 Å². The molecule has 8 aromatic rings. The molecule has 0 aliphatic heterocycles. The molecule has 12 rings (SSSR count). The number of aliphatic hydroxyl groups excluding tert-OH is 4. The first-order valence-electron chi connectivity index (χ1n) is 23.6. The molecule has 6 heterocycles. The third-order valence-corrected chi connectivity index (χ3v) is 19.0. The summed E-state index contributed by atoms with van der Waals surface area (Å²) in [5, 5.41) is 47.9. The maximum absolute atomic E-state index is 13.5. The van der Waals surface area contributed by atoms with E-state index >= 15 is 0 Å². The second kappa shape index (κ2) is 21.6. The van der Waals surface area contributed by atoms with Gasteiger partial charge in [-0.25, -0.2) is 34.7 Å². The molecule has 0 radical (unpaired) electrons. The van der Waals surface area contributed by atoms with Gasteiger partial charge in [0.05, 0.1) is 22.2 Å². The fourth-order valence-corrected chi connectivity index (χ4v) is 14.8. The van der Waals surface area contributed by atoms with E-state index in [2.05, 4.69) is 54.3 Å². The van der Waals surface area contributed by atoms with Crippen molar-refractivity contribution in [3.63, 3.8) is 0 Å². The first-order valence-corrected chi connectivity index (χ1v) is 27.3. The predicted octanol–water partition coefficient (Wildman–Crippen LogP) is 8.13. The molecule has 73 heavy (non-hydrogen) atoms. The molecule has 6 aromatic heterocycles. The summed E-state index contributed by atoms with van der Waals surface area (Å²) in [7, 11) is -3.95. The number of halogens is 1. The average Bonchev–Trinajstić information content (AvgIpc) is 4.27. The van der Waals surface area contributed by atoms with E-state index in [1.807, 2.05) is 32.6 Å². The van der Waals surface area contributed by atoms with Crippen LogP contribution in [0.4, 0.5) is 0 Å². The molecule has 4 aliphatic carbocycles. The van der Waals surface area contributed by atoms with Gasteiger partial charge in [-0.05, 0) is 130 Å². The van der Waals surface area contributed by atoms with Gasteiger partial charge in [0.1, 0.15) is 0 Å². The quantitative estimate of drug-likeness (QED) is 0.0903. The summed E-state index contributed by atoms with van der Waals surface area (Å²) < 4.78 is 59.9. The zero-order valence-corrected chi connectivity index (χ0v) is 42.3. The van der Waals surface area contributed by atoms with Gasteiger partial charge in [0.25, 0.3) is 20.0 Å². The van der Waals surface area contributed by atoms with Crippen LogP contribution in [0.15, 0.2) is 149 Å². The molecular formula is C54H63BrN8O8S2. The van der Waals surface area contributed by atoms with Gasteiger partial charge in [0.15, 0.2) is 11.3 Å². The Morgan fingerprint density at radius 1 is 0.575 bits per heavy atom. The van der Waals surface area contributed by atoms with E-state index in [1.54, 1.807) is 107 Å². The van der Waals surface area contributed by atoms with Gasteiger partial charge in [0, 0.05) is 115 Å². The zero-order valence-electron chi connectivity index (χ0n) is 39.0. The van der Waals surface area contributed by atoms with Crippen LogP contribution in [0.5, 0.6) is 0 Å². The molecule has 0 spiro atoms. The first kappa shape index (κ1) is 53.5. The fourth-order valence-electron chi connectivity index (χ4n) is 11.8.